The molecule has 1 unspecified atom stereocenters. The third-order valence-corrected chi connectivity index (χ3v) is 3.98. The summed E-state index contributed by atoms with van der Waals surface area (Å²) < 4.78 is 2.15. The summed E-state index contributed by atoms with van der Waals surface area (Å²) in [4.78, 5) is 2.49. The van der Waals surface area contributed by atoms with Gasteiger partial charge in [0.25, 0.3) is 0 Å². The molecule has 1 aliphatic heterocycles. The maximum absolute atomic E-state index is 4.17. The zero-order chi connectivity index (χ0) is 13.0. The summed E-state index contributed by atoms with van der Waals surface area (Å²) in [5, 5.41) is 11.8. The number of rotatable bonds is 6. The average molecular weight is 251 g/mol. The molecule has 18 heavy (non-hydrogen) atoms. The van der Waals surface area contributed by atoms with E-state index in [0.29, 0.717) is 12.1 Å². The fourth-order valence-corrected chi connectivity index (χ4v) is 2.50. The first-order valence-corrected chi connectivity index (χ1v) is 7.08. The van der Waals surface area contributed by atoms with Gasteiger partial charge in [0.1, 0.15) is 12.2 Å². The first kappa shape index (κ1) is 13.5. The van der Waals surface area contributed by atoms with Gasteiger partial charge in [0.05, 0.1) is 6.54 Å². The van der Waals surface area contributed by atoms with Crippen molar-refractivity contribution in [1.82, 2.24) is 25.0 Å². The number of aromatic nitrogens is 3. The van der Waals surface area contributed by atoms with Gasteiger partial charge in [-0.25, -0.2) is 0 Å². The van der Waals surface area contributed by atoms with Gasteiger partial charge in [-0.3, -0.25) is 4.90 Å². The van der Waals surface area contributed by atoms with E-state index in [1.54, 1.807) is 0 Å². The minimum atomic E-state index is 0.552. The number of fused-ring (bicyclic) bond motifs is 1. The molecular weight excluding hydrogens is 226 g/mol. The fraction of sp³-hybridized carbons (Fsp3) is 0.846. The fourth-order valence-electron chi connectivity index (χ4n) is 2.50. The molecule has 0 spiro atoms. The number of nitrogens with zero attached hydrogens (tertiary/aromatic N) is 4. The van der Waals surface area contributed by atoms with Gasteiger partial charge in [-0.15, -0.1) is 10.2 Å². The lowest BCUT2D eigenvalue weighted by molar-refractivity contribution is 0.156. The SMILES string of the molecule is CCC(CC)NCC(C)N1CCn2cnnc2C1. The summed E-state index contributed by atoms with van der Waals surface area (Å²) in [6.07, 6.45) is 4.24. The molecule has 1 aromatic rings. The number of hydrogen-bond donors (Lipinski definition) is 1. The van der Waals surface area contributed by atoms with Gasteiger partial charge in [-0.2, -0.15) is 0 Å². The Labute approximate surface area is 110 Å². The van der Waals surface area contributed by atoms with Crippen molar-refractivity contribution in [1.29, 1.82) is 0 Å². The van der Waals surface area contributed by atoms with Gasteiger partial charge in [-0.05, 0) is 19.8 Å². The second kappa shape index (κ2) is 6.29. The zero-order valence-electron chi connectivity index (χ0n) is 11.8. The molecule has 102 valence electrons. The van der Waals surface area contributed by atoms with Crippen LogP contribution in [0.2, 0.25) is 0 Å². The van der Waals surface area contributed by atoms with Crippen LogP contribution < -0.4 is 5.32 Å². The minimum Gasteiger partial charge on any atom is -0.315 e. The largest absolute Gasteiger partial charge is 0.315 e. The summed E-state index contributed by atoms with van der Waals surface area (Å²) >= 11 is 0. The van der Waals surface area contributed by atoms with Gasteiger partial charge < -0.3 is 9.88 Å². The second-order valence-electron chi connectivity index (χ2n) is 5.18. The van der Waals surface area contributed by atoms with E-state index in [2.05, 4.69) is 45.8 Å². The van der Waals surface area contributed by atoms with Crippen molar-refractivity contribution in [2.75, 3.05) is 13.1 Å². The van der Waals surface area contributed by atoms with Gasteiger partial charge in [-0.1, -0.05) is 13.8 Å². The quantitative estimate of drug-likeness (QED) is 0.827. The molecule has 5 nitrogen and oxygen atoms in total. The topological polar surface area (TPSA) is 46.0 Å². The Morgan fingerprint density at radius 2 is 2.11 bits per heavy atom. The van der Waals surface area contributed by atoms with Crippen LogP contribution in [0, 0.1) is 0 Å². The zero-order valence-corrected chi connectivity index (χ0v) is 11.8. The maximum atomic E-state index is 4.17. The van der Waals surface area contributed by atoms with Crippen molar-refractivity contribution in [3.05, 3.63) is 12.2 Å². The molecule has 1 aromatic heterocycles. The smallest absolute Gasteiger partial charge is 0.147 e. The third kappa shape index (κ3) is 3.09. The molecule has 0 bridgehead atoms. The lowest BCUT2D eigenvalue weighted by atomic mass is 10.1. The summed E-state index contributed by atoms with van der Waals surface area (Å²) in [5.74, 6) is 1.09. The van der Waals surface area contributed by atoms with Crippen LogP contribution in [0.5, 0.6) is 0 Å². The van der Waals surface area contributed by atoms with Crippen molar-refractivity contribution in [3.8, 4) is 0 Å². The summed E-state index contributed by atoms with van der Waals surface area (Å²) in [6, 6.07) is 1.21. The number of hydrogen-bond acceptors (Lipinski definition) is 4. The Kier molecular flexibility index (Phi) is 4.72. The Morgan fingerprint density at radius 3 is 2.83 bits per heavy atom. The Hall–Kier alpha value is -0.940. The molecule has 0 fully saturated rings. The minimum absolute atomic E-state index is 0.552. The first-order chi connectivity index (χ1) is 8.74. The molecule has 5 heteroatoms. The number of nitrogens with one attached hydrogen (secondary N) is 1. The highest BCUT2D eigenvalue weighted by atomic mass is 15.3. The van der Waals surface area contributed by atoms with Gasteiger partial charge >= 0.3 is 0 Å². The van der Waals surface area contributed by atoms with Gasteiger partial charge in [0, 0.05) is 31.7 Å². The highest BCUT2D eigenvalue weighted by Gasteiger charge is 2.21. The van der Waals surface area contributed by atoms with Crippen LogP contribution in [-0.2, 0) is 13.1 Å². The standard InChI is InChI=1S/C13H25N5/c1-4-12(5-2)14-8-11(3)17-6-7-18-10-15-16-13(18)9-17/h10-12,14H,4-9H2,1-3H3. The van der Waals surface area contributed by atoms with E-state index in [-0.39, 0.29) is 0 Å². The van der Waals surface area contributed by atoms with Crippen LogP contribution in [-0.4, -0.2) is 44.8 Å². The molecule has 1 aliphatic rings. The van der Waals surface area contributed by atoms with Crippen LogP contribution in [0.1, 0.15) is 39.4 Å². The molecule has 1 N–H and O–H groups in total. The molecule has 0 amide bonds. The normalized spacial score (nSPS) is 18.0. The van der Waals surface area contributed by atoms with E-state index in [1.807, 2.05) is 6.33 Å². The first-order valence-electron chi connectivity index (χ1n) is 7.08. The van der Waals surface area contributed by atoms with Crippen molar-refractivity contribution in [3.63, 3.8) is 0 Å². The van der Waals surface area contributed by atoms with Crippen LogP contribution >= 0.6 is 0 Å². The van der Waals surface area contributed by atoms with Gasteiger partial charge in [0.15, 0.2) is 0 Å². The van der Waals surface area contributed by atoms with Crippen LogP contribution in [0.3, 0.4) is 0 Å². The van der Waals surface area contributed by atoms with Crippen molar-refractivity contribution < 1.29 is 0 Å². The Morgan fingerprint density at radius 1 is 1.33 bits per heavy atom. The average Bonchev–Trinajstić information content (AvgIpc) is 2.86. The summed E-state index contributed by atoms with van der Waals surface area (Å²) in [7, 11) is 0. The Balaban J connectivity index is 1.82. The molecule has 1 atom stereocenters. The van der Waals surface area contributed by atoms with Crippen LogP contribution in [0.25, 0.3) is 0 Å². The van der Waals surface area contributed by atoms with E-state index in [9.17, 15) is 0 Å². The van der Waals surface area contributed by atoms with Crippen molar-refractivity contribution >= 4 is 0 Å². The molecule has 0 radical (unpaired) electrons. The lowest BCUT2D eigenvalue weighted by Gasteiger charge is -2.33. The molecule has 0 saturated carbocycles. The molecule has 2 rings (SSSR count). The third-order valence-electron chi connectivity index (χ3n) is 3.98. The van der Waals surface area contributed by atoms with Crippen molar-refractivity contribution in [2.45, 2.75) is 58.8 Å². The predicted molar refractivity (Wildman–Crippen MR) is 72.3 cm³/mol. The maximum Gasteiger partial charge on any atom is 0.147 e. The highest BCUT2D eigenvalue weighted by molar-refractivity contribution is 4.91. The van der Waals surface area contributed by atoms with E-state index in [4.69, 9.17) is 0 Å². The van der Waals surface area contributed by atoms with Gasteiger partial charge in [0.2, 0.25) is 0 Å². The Bertz CT molecular complexity index is 358. The monoisotopic (exact) mass is 251 g/mol. The predicted octanol–water partition coefficient (Wildman–Crippen LogP) is 1.26. The van der Waals surface area contributed by atoms with E-state index < -0.39 is 0 Å². The highest BCUT2D eigenvalue weighted by Crippen LogP contribution is 2.12. The van der Waals surface area contributed by atoms with Crippen molar-refractivity contribution in [2.24, 2.45) is 0 Å². The molecular formula is C13H25N5. The molecule has 0 aliphatic carbocycles. The molecule has 0 aromatic carbocycles. The summed E-state index contributed by atoms with van der Waals surface area (Å²) in [5.41, 5.74) is 0. The van der Waals surface area contributed by atoms with E-state index >= 15 is 0 Å². The van der Waals surface area contributed by atoms with E-state index in [1.165, 1.54) is 12.8 Å². The van der Waals surface area contributed by atoms with Crippen LogP contribution in [0.4, 0.5) is 0 Å². The second-order valence-corrected chi connectivity index (χ2v) is 5.18. The lowest BCUT2D eigenvalue weighted by Crippen LogP contribution is -2.46. The van der Waals surface area contributed by atoms with Crippen LogP contribution in [0.15, 0.2) is 6.33 Å². The molecule has 2 heterocycles. The van der Waals surface area contributed by atoms with E-state index in [0.717, 1.165) is 32.0 Å². The molecule has 0 saturated heterocycles. The summed E-state index contributed by atoms with van der Waals surface area (Å²) in [6.45, 7) is 10.9.